The van der Waals surface area contributed by atoms with Gasteiger partial charge in [-0.05, 0) is 24.6 Å². The van der Waals surface area contributed by atoms with Gasteiger partial charge in [0.25, 0.3) is 5.56 Å². The predicted molar refractivity (Wildman–Crippen MR) is 64.4 cm³/mol. The molecule has 6 nitrogen and oxygen atoms in total. The van der Waals surface area contributed by atoms with E-state index in [0.717, 1.165) is 0 Å². The van der Waals surface area contributed by atoms with E-state index in [1.54, 1.807) is 24.3 Å². The van der Waals surface area contributed by atoms with E-state index in [9.17, 15) is 9.59 Å². The molecule has 1 heterocycles. The number of benzene rings is 1. The van der Waals surface area contributed by atoms with Gasteiger partial charge >= 0.3 is 0 Å². The standard InChI is InChI=1S/C11H8N4O2/c1-6-9(14-15-12)11(17)13-8-5-3-2-4-7(8)10(6)16/h2-5H,1H3,(H,13,17). The van der Waals surface area contributed by atoms with Gasteiger partial charge in [0, 0.05) is 15.9 Å². The number of H-pyrrole nitrogens is 1. The van der Waals surface area contributed by atoms with Crippen molar-refractivity contribution in [1.29, 1.82) is 0 Å². The van der Waals surface area contributed by atoms with E-state index in [-0.39, 0.29) is 16.7 Å². The van der Waals surface area contributed by atoms with Crippen LogP contribution in [0.1, 0.15) is 5.56 Å². The molecule has 0 radical (unpaired) electrons. The summed E-state index contributed by atoms with van der Waals surface area (Å²) in [7, 11) is 0. The highest BCUT2D eigenvalue weighted by Crippen LogP contribution is 2.11. The van der Waals surface area contributed by atoms with Crippen LogP contribution < -0.4 is 11.0 Å². The second kappa shape index (κ2) is 4.11. The van der Waals surface area contributed by atoms with Gasteiger partial charge < -0.3 is 4.98 Å². The van der Waals surface area contributed by atoms with Crippen LogP contribution in [-0.2, 0) is 0 Å². The average molecular weight is 228 g/mol. The number of hydrogen-bond acceptors (Lipinski definition) is 3. The lowest BCUT2D eigenvalue weighted by atomic mass is 10.2. The highest BCUT2D eigenvalue weighted by Gasteiger charge is 2.07. The van der Waals surface area contributed by atoms with Gasteiger partial charge in [0.05, 0.1) is 5.52 Å². The molecule has 0 amide bonds. The number of hydrogen-bond donors (Lipinski definition) is 1. The molecule has 0 saturated heterocycles. The van der Waals surface area contributed by atoms with Crippen LogP contribution in [-0.4, -0.2) is 4.98 Å². The summed E-state index contributed by atoms with van der Waals surface area (Å²) >= 11 is 0. The van der Waals surface area contributed by atoms with Gasteiger partial charge in [-0.2, -0.15) is 0 Å². The van der Waals surface area contributed by atoms with Crippen LogP contribution >= 0.6 is 0 Å². The zero-order valence-corrected chi connectivity index (χ0v) is 8.97. The Morgan fingerprint density at radius 3 is 2.71 bits per heavy atom. The molecule has 1 aromatic heterocycles. The van der Waals surface area contributed by atoms with E-state index in [0.29, 0.717) is 10.9 Å². The highest BCUT2D eigenvalue weighted by molar-refractivity contribution is 5.79. The Bertz CT molecular complexity index is 757. The van der Waals surface area contributed by atoms with Gasteiger partial charge in [-0.1, -0.05) is 17.2 Å². The zero-order chi connectivity index (χ0) is 12.4. The summed E-state index contributed by atoms with van der Waals surface area (Å²) in [6, 6.07) is 6.65. The van der Waals surface area contributed by atoms with Crippen molar-refractivity contribution in [2.24, 2.45) is 5.11 Å². The van der Waals surface area contributed by atoms with Crippen LogP contribution in [0.2, 0.25) is 0 Å². The van der Waals surface area contributed by atoms with Crippen molar-refractivity contribution in [3.8, 4) is 0 Å². The van der Waals surface area contributed by atoms with Crippen molar-refractivity contribution in [2.75, 3.05) is 0 Å². The highest BCUT2D eigenvalue weighted by atomic mass is 16.1. The molecule has 0 saturated carbocycles. The van der Waals surface area contributed by atoms with Crippen molar-refractivity contribution < 1.29 is 0 Å². The van der Waals surface area contributed by atoms with Crippen LogP contribution in [0, 0.1) is 6.92 Å². The molecule has 0 spiro atoms. The zero-order valence-electron chi connectivity index (χ0n) is 8.97. The smallest absolute Gasteiger partial charge is 0.258 e. The van der Waals surface area contributed by atoms with Crippen molar-refractivity contribution in [3.63, 3.8) is 0 Å². The molecule has 2 aromatic rings. The lowest BCUT2D eigenvalue weighted by molar-refractivity contribution is 1.26. The number of aromatic amines is 1. The molecule has 1 aromatic carbocycles. The number of rotatable bonds is 1. The van der Waals surface area contributed by atoms with Crippen LogP contribution in [0.5, 0.6) is 0 Å². The number of nitrogens with one attached hydrogen (secondary N) is 1. The maximum absolute atomic E-state index is 12.0. The van der Waals surface area contributed by atoms with Crippen LogP contribution in [0.15, 0.2) is 39.0 Å². The first-order chi connectivity index (χ1) is 8.15. The van der Waals surface area contributed by atoms with E-state index >= 15 is 0 Å². The fourth-order valence-electron chi connectivity index (χ4n) is 1.62. The fourth-order valence-corrected chi connectivity index (χ4v) is 1.62. The van der Waals surface area contributed by atoms with Crippen molar-refractivity contribution in [1.82, 2.24) is 4.98 Å². The first-order valence-corrected chi connectivity index (χ1v) is 4.86. The lowest BCUT2D eigenvalue weighted by Crippen LogP contribution is -2.05. The Labute approximate surface area is 95.2 Å². The molecule has 0 aliphatic heterocycles. The molecular weight excluding hydrogens is 220 g/mol. The van der Waals surface area contributed by atoms with Gasteiger partial charge in [0.2, 0.25) is 0 Å². The summed E-state index contributed by atoms with van der Waals surface area (Å²) in [6.45, 7) is 1.47. The third-order valence-corrected chi connectivity index (χ3v) is 2.48. The number of aromatic nitrogens is 1. The number of azide groups is 1. The summed E-state index contributed by atoms with van der Waals surface area (Å²) in [4.78, 5) is 28.9. The quantitative estimate of drug-likeness (QED) is 0.459. The predicted octanol–water partition coefficient (Wildman–Crippen LogP) is 2.14. The Hall–Kier alpha value is -2.59. The van der Waals surface area contributed by atoms with Crippen LogP contribution in [0.4, 0.5) is 5.69 Å². The number of fused-ring (bicyclic) bond motifs is 1. The maximum Gasteiger partial charge on any atom is 0.258 e. The second-order valence-corrected chi connectivity index (χ2v) is 3.49. The summed E-state index contributed by atoms with van der Waals surface area (Å²) in [6.07, 6.45) is 0. The Morgan fingerprint density at radius 1 is 1.29 bits per heavy atom. The third-order valence-electron chi connectivity index (χ3n) is 2.48. The molecule has 0 aliphatic carbocycles. The topological polar surface area (TPSA) is 98.7 Å². The van der Waals surface area contributed by atoms with Gasteiger partial charge in [-0.3, -0.25) is 9.59 Å². The van der Waals surface area contributed by atoms with Gasteiger partial charge in [0.1, 0.15) is 5.69 Å². The van der Waals surface area contributed by atoms with Gasteiger partial charge in [-0.25, -0.2) is 0 Å². The second-order valence-electron chi connectivity index (χ2n) is 3.49. The normalized spacial score (nSPS) is 9.94. The molecule has 17 heavy (non-hydrogen) atoms. The van der Waals surface area contributed by atoms with Crippen molar-refractivity contribution in [2.45, 2.75) is 6.92 Å². The third kappa shape index (κ3) is 1.77. The largest absolute Gasteiger partial charge is 0.321 e. The summed E-state index contributed by atoms with van der Waals surface area (Å²) in [5.74, 6) is 0. The van der Waals surface area contributed by atoms with E-state index in [1.165, 1.54) is 6.92 Å². The average Bonchev–Trinajstić information content (AvgIpc) is 2.42. The maximum atomic E-state index is 12.0. The molecule has 84 valence electrons. The Morgan fingerprint density at radius 2 is 2.00 bits per heavy atom. The first-order valence-electron chi connectivity index (χ1n) is 4.86. The minimum absolute atomic E-state index is 0.144. The molecule has 0 bridgehead atoms. The molecular formula is C11H8N4O2. The minimum Gasteiger partial charge on any atom is -0.321 e. The van der Waals surface area contributed by atoms with E-state index in [1.807, 2.05) is 0 Å². The Kier molecular flexibility index (Phi) is 2.64. The number of nitrogens with zero attached hydrogens (tertiary/aromatic N) is 3. The molecule has 0 fully saturated rings. The summed E-state index contributed by atoms with van der Waals surface area (Å²) < 4.78 is 0. The lowest BCUT2D eigenvalue weighted by Gasteiger charge is -1.89. The fraction of sp³-hybridized carbons (Fsp3) is 0.0909. The van der Waals surface area contributed by atoms with Crippen molar-refractivity contribution >= 4 is 16.6 Å². The van der Waals surface area contributed by atoms with E-state index in [4.69, 9.17) is 5.53 Å². The molecule has 1 N–H and O–H groups in total. The van der Waals surface area contributed by atoms with E-state index in [2.05, 4.69) is 15.0 Å². The van der Waals surface area contributed by atoms with Crippen molar-refractivity contribution in [3.05, 3.63) is 60.8 Å². The Balaban J connectivity index is 3.15. The monoisotopic (exact) mass is 228 g/mol. The molecule has 2 rings (SSSR count). The minimum atomic E-state index is -0.571. The molecule has 6 heteroatoms. The van der Waals surface area contributed by atoms with Crippen LogP contribution in [0.25, 0.3) is 21.3 Å². The first kappa shape index (κ1) is 10.9. The van der Waals surface area contributed by atoms with Gasteiger partial charge in [-0.15, -0.1) is 0 Å². The molecule has 0 unspecified atom stereocenters. The SMILES string of the molecule is Cc1c(N=[N+]=[N-])c(=O)[nH]c2ccccc2c1=O. The van der Waals surface area contributed by atoms with Crippen LogP contribution in [0.3, 0.4) is 0 Å². The van der Waals surface area contributed by atoms with E-state index < -0.39 is 5.56 Å². The molecule has 0 atom stereocenters. The summed E-state index contributed by atoms with van der Waals surface area (Å²) in [5.41, 5.74) is 7.87. The number of para-hydroxylation sites is 1. The molecule has 0 aliphatic rings. The van der Waals surface area contributed by atoms with Gasteiger partial charge in [0.15, 0.2) is 5.43 Å². The summed E-state index contributed by atoms with van der Waals surface area (Å²) in [5, 5.41) is 3.66.